The highest BCUT2D eigenvalue weighted by Gasteiger charge is 2.12. The third-order valence-electron chi connectivity index (χ3n) is 2.60. The van der Waals surface area contributed by atoms with Crippen LogP contribution in [0.1, 0.15) is 20.8 Å². The number of halogens is 2. The number of nitrogens with two attached hydrogens (primary N) is 1. The largest absolute Gasteiger partial charge is 0.347 e. The lowest BCUT2D eigenvalue weighted by Gasteiger charge is -2.05. The second kappa shape index (κ2) is 7.23. The lowest BCUT2D eigenvalue weighted by molar-refractivity contribution is 0.0947. The highest BCUT2D eigenvalue weighted by molar-refractivity contribution is 7.16. The quantitative estimate of drug-likeness (QED) is 0.854. The zero-order valence-corrected chi connectivity index (χ0v) is 12.5. The van der Waals surface area contributed by atoms with Crippen molar-refractivity contribution in [3.8, 4) is 11.8 Å². The summed E-state index contributed by atoms with van der Waals surface area (Å²) in [6, 6.07) is 7.70. The Morgan fingerprint density at radius 1 is 1.38 bits per heavy atom. The Kier molecular flexibility index (Phi) is 5.34. The van der Waals surface area contributed by atoms with Crippen molar-refractivity contribution in [2.24, 2.45) is 5.73 Å². The van der Waals surface area contributed by atoms with Crippen LogP contribution < -0.4 is 11.1 Å². The first-order chi connectivity index (χ1) is 10.1. The average Bonchev–Trinajstić information content (AvgIpc) is 2.89. The number of nitrogens with one attached hydrogen (secondary N) is 1. The highest BCUT2D eigenvalue weighted by atomic mass is 35.5. The van der Waals surface area contributed by atoms with Crippen molar-refractivity contribution in [2.45, 2.75) is 6.54 Å². The van der Waals surface area contributed by atoms with Crippen LogP contribution in [0.25, 0.3) is 0 Å². The zero-order valence-electron chi connectivity index (χ0n) is 11.0. The zero-order chi connectivity index (χ0) is 15.2. The minimum Gasteiger partial charge on any atom is -0.347 e. The van der Waals surface area contributed by atoms with Gasteiger partial charge in [0.05, 0.1) is 23.0 Å². The smallest absolute Gasteiger partial charge is 0.254 e. The molecular formula is C15H12ClFN2OS. The van der Waals surface area contributed by atoms with E-state index < -0.39 is 11.7 Å². The van der Waals surface area contributed by atoms with E-state index in [4.69, 9.17) is 17.3 Å². The molecule has 0 unspecified atom stereocenters. The van der Waals surface area contributed by atoms with Gasteiger partial charge in [0, 0.05) is 10.4 Å². The molecule has 1 aromatic heterocycles. The molecule has 0 aliphatic heterocycles. The molecule has 21 heavy (non-hydrogen) atoms. The lowest BCUT2D eigenvalue weighted by Crippen LogP contribution is -2.23. The number of hydrogen-bond acceptors (Lipinski definition) is 3. The van der Waals surface area contributed by atoms with Crippen LogP contribution in [0.3, 0.4) is 0 Å². The number of carbonyl (C=O) groups is 1. The van der Waals surface area contributed by atoms with Crippen molar-refractivity contribution in [3.05, 3.63) is 56.5 Å². The van der Waals surface area contributed by atoms with Gasteiger partial charge in [-0.3, -0.25) is 4.79 Å². The number of benzene rings is 1. The summed E-state index contributed by atoms with van der Waals surface area (Å²) >= 11 is 7.17. The van der Waals surface area contributed by atoms with Crippen molar-refractivity contribution in [3.63, 3.8) is 0 Å². The van der Waals surface area contributed by atoms with E-state index in [9.17, 15) is 9.18 Å². The molecule has 2 aromatic rings. The molecule has 0 aliphatic rings. The normalized spacial score (nSPS) is 9.86. The van der Waals surface area contributed by atoms with Gasteiger partial charge in [-0.2, -0.15) is 0 Å². The first-order valence-electron chi connectivity index (χ1n) is 6.11. The molecular weight excluding hydrogens is 311 g/mol. The van der Waals surface area contributed by atoms with E-state index in [0.717, 1.165) is 4.88 Å². The van der Waals surface area contributed by atoms with Crippen molar-refractivity contribution in [1.29, 1.82) is 0 Å². The first kappa shape index (κ1) is 15.5. The molecule has 0 aliphatic carbocycles. The topological polar surface area (TPSA) is 55.1 Å². The van der Waals surface area contributed by atoms with Gasteiger partial charge in [-0.25, -0.2) is 4.39 Å². The van der Waals surface area contributed by atoms with E-state index in [2.05, 4.69) is 17.2 Å². The van der Waals surface area contributed by atoms with Crippen LogP contribution >= 0.6 is 22.9 Å². The van der Waals surface area contributed by atoms with Crippen molar-refractivity contribution < 1.29 is 9.18 Å². The molecule has 0 saturated heterocycles. The molecule has 108 valence electrons. The highest BCUT2D eigenvalue weighted by Crippen LogP contribution is 2.21. The molecule has 0 bridgehead atoms. The number of thiophene rings is 1. The van der Waals surface area contributed by atoms with Gasteiger partial charge in [0.15, 0.2) is 0 Å². The fraction of sp³-hybridized carbons (Fsp3) is 0.133. The molecule has 1 aromatic carbocycles. The molecule has 1 amide bonds. The van der Waals surface area contributed by atoms with Crippen LogP contribution in [0, 0.1) is 17.7 Å². The summed E-state index contributed by atoms with van der Waals surface area (Å²) in [6.07, 6.45) is 0. The second-order valence-electron chi connectivity index (χ2n) is 4.09. The maximum atomic E-state index is 13.7. The monoisotopic (exact) mass is 322 g/mol. The third-order valence-corrected chi connectivity index (χ3v) is 3.83. The summed E-state index contributed by atoms with van der Waals surface area (Å²) in [5.41, 5.74) is 5.79. The van der Waals surface area contributed by atoms with Gasteiger partial charge >= 0.3 is 0 Å². The van der Waals surface area contributed by atoms with Gasteiger partial charge in [-0.05, 0) is 30.3 Å². The Morgan fingerprint density at radius 2 is 2.19 bits per heavy atom. The molecule has 1 heterocycles. The molecule has 0 saturated carbocycles. The van der Waals surface area contributed by atoms with Crippen LogP contribution in [0.2, 0.25) is 4.34 Å². The Hall–Kier alpha value is -1.87. The summed E-state index contributed by atoms with van der Waals surface area (Å²) in [5, 5.41) is 2.65. The fourth-order valence-corrected chi connectivity index (χ4v) is 2.67. The minimum absolute atomic E-state index is 0.0403. The van der Waals surface area contributed by atoms with Crippen LogP contribution in [0.15, 0.2) is 30.3 Å². The van der Waals surface area contributed by atoms with Crippen molar-refractivity contribution in [2.75, 3.05) is 6.54 Å². The van der Waals surface area contributed by atoms with Crippen molar-refractivity contribution in [1.82, 2.24) is 5.32 Å². The summed E-state index contributed by atoms with van der Waals surface area (Å²) in [7, 11) is 0. The second-order valence-corrected chi connectivity index (χ2v) is 5.89. The van der Waals surface area contributed by atoms with E-state index in [1.165, 1.54) is 29.5 Å². The van der Waals surface area contributed by atoms with Gasteiger partial charge in [0.1, 0.15) is 5.82 Å². The summed E-state index contributed by atoms with van der Waals surface area (Å²) in [6.45, 7) is 0.506. The van der Waals surface area contributed by atoms with Crippen LogP contribution in [-0.2, 0) is 6.54 Å². The first-order valence-corrected chi connectivity index (χ1v) is 7.30. The summed E-state index contributed by atoms with van der Waals surface area (Å²) < 4.78 is 14.4. The molecule has 0 radical (unpaired) electrons. The van der Waals surface area contributed by atoms with Gasteiger partial charge in [-0.15, -0.1) is 11.3 Å². The molecule has 0 fully saturated rings. The number of amides is 1. The average molecular weight is 323 g/mol. The molecule has 0 spiro atoms. The molecule has 0 atom stereocenters. The van der Waals surface area contributed by atoms with E-state index in [-0.39, 0.29) is 12.1 Å². The number of rotatable bonds is 3. The van der Waals surface area contributed by atoms with Gasteiger partial charge < -0.3 is 11.1 Å². The van der Waals surface area contributed by atoms with E-state index in [1.54, 1.807) is 6.07 Å². The maximum Gasteiger partial charge on any atom is 0.254 e. The van der Waals surface area contributed by atoms with Crippen LogP contribution in [0.4, 0.5) is 4.39 Å². The Balaban J connectivity index is 2.10. The third kappa shape index (κ3) is 4.30. The molecule has 3 nitrogen and oxygen atoms in total. The Morgan fingerprint density at radius 3 is 2.86 bits per heavy atom. The molecule has 2 rings (SSSR count). The van der Waals surface area contributed by atoms with Crippen molar-refractivity contribution >= 4 is 28.8 Å². The minimum atomic E-state index is -0.588. The predicted octanol–water partition coefficient (Wildman–Crippen LogP) is 2.78. The summed E-state index contributed by atoms with van der Waals surface area (Å²) in [4.78, 5) is 12.9. The van der Waals surface area contributed by atoms with Gasteiger partial charge in [0.25, 0.3) is 5.91 Å². The standard InChI is InChI=1S/C15H12ClFN2OS/c16-14-6-4-11(21-14)9-19-15(20)12-8-10(2-1-7-18)3-5-13(12)17/h3-6,8H,7,9,18H2,(H,19,20). The van der Waals surface area contributed by atoms with Crippen LogP contribution in [-0.4, -0.2) is 12.5 Å². The molecule has 3 N–H and O–H groups in total. The SMILES string of the molecule is NCC#Cc1ccc(F)c(C(=O)NCc2ccc(Cl)s2)c1. The lowest BCUT2D eigenvalue weighted by atomic mass is 10.1. The Bertz CT molecular complexity index is 718. The number of hydrogen-bond donors (Lipinski definition) is 2. The van der Waals surface area contributed by atoms with E-state index in [1.807, 2.05) is 6.07 Å². The Labute approximate surface area is 130 Å². The van der Waals surface area contributed by atoms with Gasteiger partial charge in [-0.1, -0.05) is 23.4 Å². The molecule has 6 heteroatoms. The van der Waals surface area contributed by atoms with E-state index in [0.29, 0.717) is 16.4 Å². The van der Waals surface area contributed by atoms with Crippen LogP contribution in [0.5, 0.6) is 0 Å². The van der Waals surface area contributed by atoms with Gasteiger partial charge in [0.2, 0.25) is 0 Å². The fourth-order valence-electron chi connectivity index (χ4n) is 1.64. The number of carbonyl (C=O) groups excluding carboxylic acids is 1. The predicted molar refractivity (Wildman–Crippen MR) is 82.8 cm³/mol. The summed E-state index contributed by atoms with van der Waals surface area (Å²) in [5.74, 6) is 4.35. The van der Waals surface area contributed by atoms with E-state index >= 15 is 0 Å². The maximum absolute atomic E-state index is 13.7.